The van der Waals surface area contributed by atoms with Gasteiger partial charge in [0.15, 0.2) is 0 Å². The van der Waals surface area contributed by atoms with Crippen molar-refractivity contribution in [2.24, 2.45) is 0 Å². The van der Waals surface area contributed by atoms with Crippen molar-refractivity contribution >= 4 is 22.5 Å². The molecule has 0 saturated carbocycles. The lowest BCUT2D eigenvalue weighted by atomic mass is 10.1. The van der Waals surface area contributed by atoms with Gasteiger partial charge in [0.1, 0.15) is 5.75 Å². The summed E-state index contributed by atoms with van der Waals surface area (Å²) in [7, 11) is 1.45. The molecule has 1 fully saturated rings. The first-order chi connectivity index (χ1) is 10.4. The predicted octanol–water partition coefficient (Wildman–Crippen LogP) is 3.39. The van der Waals surface area contributed by atoms with Gasteiger partial charge in [0.2, 0.25) is 5.91 Å². The van der Waals surface area contributed by atoms with Crippen LogP contribution in [0.1, 0.15) is 18.4 Å². The van der Waals surface area contributed by atoms with E-state index in [0.29, 0.717) is 35.3 Å². The van der Waals surface area contributed by atoms with Gasteiger partial charge in [0, 0.05) is 30.6 Å². The maximum absolute atomic E-state index is 12.8. The van der Waals surface area contributed by atoms with E-state index in [0.717, 1.165) is 18.7 Å². The molecule has 1 aromatic heterocycles. The summed E-state index contributed by atoms with van der Waals surface area (Å²) in [4.78, 5) is 17.3. The summed E-state index contributed by atoms with van der Waals surface area (Å²) in [6.45, 7) is 0.535. The van der Waals surface area contributed by atoms with Crippen molar-refractivity contribution in [1.82, 2.24) is 4.98 Å². The number of anilines is 1. The Bertz CT molecular complexity index is 743. The molecule has 1 aliphatic heterocycles. The van der Waals surface area contributed by atoms with E-state index in [2.05, 4.69) is 4.98 Å². The number of hydrogen-bond acceptors (Lipinski definition) is 3. The van der Waals surface area contributed by atoms with Crippen LogP contribution in [0, 0.1) is 0 Å². The van der Waals surface area contributed by atoms with E-state index in [9.17, 15) is 18.0 Å². The highest BCUT2D eigenvalue weighted by Gasteiger charge is 2.31. The Labute approximate surface area is 124 Å². The first-order valence-corrected chi connectivity index (χ1v) is 6.75. The van der Waals surface area contributed by atoms with Crippen LogP contribution in [0.4, 0.5) is 18.9 Å². The van der Waals surface area contributed by atoms with Crippen LogP contribution >= 0.6 is 0 Å². The smallest absolute Gasteiger partial charge is 0.417 e. The fourth-order valence-electron chi connectivity index (χ4n) is 2.58. The average molecular weight is 310 g/mol. The molecule has 7 heteroatoms. The van der Waals surface area contributed by atoms with Crippen LogP contribution in [0.3, 0.4) is 0 Å². The van der Waals surface area contributed by atoms with Crippen LogP contribution in [0.2, 0.25) is 0 Å². The number of pyridine rings is 1. The van der Waals surface area contributed by atoms with Crippen molar-refractivity contribution in [2.45, 2.75) is 19.0 Å². The summed E-state index contributed by atoms with van der Waals surface area (Å²) in [5, 5.41) is 0.324. The first kappa shape index (κ1) is 14.6. The molecule has 116 valence electrons. The fourth-order valence-corrected chi connectivity index (χ4v) is 2.58. The van der Waals surface area contributed by atoms with Gasteiger partial charge >= 0.3 is 6.18 Å². The molecule has 2 aromatic rings. The molecule has 0 radical (unpaired) electrons. The molecule has 1 aromatic carbocycles. The molecule has 0 aliphatic carbocycles. The Morgan fingerprint density at radius 1 is 1.27 bits per heavy atom. The van der Waals surface area contributed by atoms with Crippen molar-refractivity contribution in [1.29, 1.82) is 0 Å². The fraction of sp³-hybridized carbons (Fsp3) is 0.333. The first-order valence-electron chi connectivity index (χ1n) is 6.75. The van der Waals surface area contributed by atoms with E-state index < -0.39 is 11.7 Å². The van der Waals surface area contributed by atoms with Crippen LogP contribution in [0.25, 0.3) is 10.9 Å². The summed E-state index contributed by atoms with van der Waals surface area (Å²) in [5.74, 6) is 0.368. The number of fused-ring (bicyclic) bond motifs is 1. The number of methoxy groups -OCH3 is 1. The molecule has 22 heavy (non-hydrogen) atoms. The van der Waals surface area contributed by atoms with Gasteiger partial charge in [-0.2, -0.15) is 13.2 Å². The normalized spacial score (nSPS) is 15.6. The number of aromatic nitrogens is 1. The number of benzene rings is 1. The maximum atomic E-state index is 12.8. The average Bonchev–Trinajstić information content (AvgIpc) is 2.90. The second kappa shape index (κ2) is 5.15. The monoisotopic (exact) mass is 310 g/mol. The number of hydrogen-bond donors (Lipinski definition) is 0. The number of halogens is 3. The third-order valence-electron chi connectivity index (χ3n) is 3.67. The molecule has 0 atom stereocenters. The molecule has 1 aliphatic rings. The molecule has 0 bridgehead atoms. The van der Waals surface area contributed by atoms with Crippen molar-refractivity contribution in [3.05, 3.63) is 30.0 Å². The van der Waals surface area contributed by atoms with Gasteiger partial charge in [-0.25, -0.2) is 0 Å². The SMILES string of the molecule is COc1cc2ncc(C(F)(F)F)cc2cc1N1CCCC1=O. The van der Waals surface area contributed by atoms with Crippen molar-refractivity contribution in [3.63, 3.8) is 0 Å². The van der Waals surface area contributed by atoms with E-state index in [1.807, 2.05) is 0 Å². The van der Waals surface area contributed by atoms with E-state index >= 15 is 0 Å². The Balaban J connectivity index is 2.16. The van der Waals surface area contributed by atoms with Gasteiger partial charge < -0.3 is 9.64 Å². The van der Waals surface area contributed by atoms with Crippen LogP contribution < -0.4 is 9.64 Å². The summed E-state index contributed by atoms with van der Waals surface area (Å²) in [5.41, 5.74) is 0.0581. The second-order valence-electron chi connectivity index (χ2n) is 5.09. The van der Waals surface area contributed by atoms with Crippen LogP contribution in [-0.2, 0) is 11.0 Å². The molecule has 0 spiro atoms. The second-order valence-corrected chi connectivity index (χ2v) is 5.09. The van der Waals surface area contributed by atoms with Gasteiger partial charge in [0.25, 0.3) is 0 Å². The molecule has 2 heterocycles. The lowest BCUT2D eigenvalue weighted by molar-refractivity contribution is -0.137. The minimum Gasteiger partial charge on any atom is -0.494 e. The van der Waals surface area contributed by atoms with E-state index in [4.69, 9.17) is 4.74 Å². The van der Waals surface area contributed by atoms with Gasteiger partial charge in [-0.1, -0.05) is 0 Å². The predicted molar refractivity (Wildman–Crippen MR) is 74.9 cm³/mol. The molecular weight excluding hydrogens is 297 g/mol. The van der Waals surface area contributed by atoms with Crippen LogP contribution in [0.15, 0.2) is 24.4 Å². The quantitative estimate of drug-likeness (QED) is 0.854. The molecule has 0 unspecified atom stereocenters. The molecule has 0 N–H and O–H groups in total. The lowest BCUT2D eigenvalue weighted by Gasteiger charge is -2.19. The number of rotatable bonds is 2. The number of amides is 1. The molecule has 1 amide bonds. The number of carbonyl (C=O) groups is 1. The highest BCUT2D eigenvalue weighted by atomic mass is 19.4. The zero-order valence-electron chi connectivity index (χ0n) is 11.8. The van der Waals surface area contributed by atoms with E-state index in [1.165, 1.54) is 13.2 Å². The van der Waals surface area contributed by atoms with Crippen molar-refractivity contribution in [3.8, 4) is 5.75 Å². The van der Waals surface area contributed by atoms with Gasteiger partial charge in [-0.15, -0.1) is 0 Å². The number of nitrogens with zero attached hydrogens (tertiary/aromatic N) is 2. The maximum Gasteiger partial charge on any atom is 0.417 e. The number of carbonyl (C=O) groups excluding carboxylic acids is 1. The molecule has 4 nitrogen and oxygen atoms in total. The van der Waals surface area contributed by atoms with Crippen molar-refractivity contribution in [2.75, 3.05) is 18.6 Å². The summed E-state index contributed by atoms with van der Waals surface area (Å²) in [6.07, 6.45) is -2.50. The highest BCUT2D eigenvalue weighted by molar-refractivity contribution is 5.99. The zero-order chi connectivity index (χ0) is 15.9. The minimum absolute atomic E-state index is 0.0578. The Hall–Kier alpha value is -2.31. The van der Waals surface area contributed by atoms with Gasteiger partial charge in [-0.05, 0) is 18.6 Å². The van der Waals surface area contributed by atoms with Crippen molar-refractivity contribution < 1.29 is 22.7 Å². The zero-order valence-corrected chi connectivity index (χ0v) is 11.8. The van der Waals surface area contributed by atoms with E-state index in [1.54, 1.807) is 11.0 Å². The third-order valence-corrected chi connectivity index (χ3v) is 3.67. The summed E-state index contributed by atoms with van der Waals surface area (Å²) in [6, 6.07) is 4.11. The number of alkyl halides is 3. The van der Waals surface area contributed by atoms with Crippen LogP contribution in [-0.4, -0.2) is 24.5 Å². The Kier molecular flexibility index (Phi) is 3.42. The summed E-state index contributed by atoms with van der Waals surface area (Å²) < 4.78 is 43.6. The Morgan fingerprint density at radius 3 is 2.64 bits per heavy atom. The highest BCUT2D eigenvalue weighted by Crippen LogP contribution is 2.37. The molecular formula is C15H13F3N2O2. The van der Waals surface area contributed by atoms with Crippen LogP contribution in [0.5, 0.6) is 5.75 Å². The third kappa shape index (κ3) is 2.47. The lowest BCUT2D eigenvalue weighted by Crippen LogP contribution is -2.24. The largest absolute Gasteiger partial charge is 0.494 e. The Morgan fingerprint density at radius 2 is 2.05 bits per heavy atom. The van der Waals surface area contributed by atoms with Gasteiger partial charge in [-0.3, -0.25) is 9.78 Å². The minimum atomic E-state index is -4.45. The standard InChI is InChI=1S/C15H13F3N2O2/c1-22-13-7-11-9(5-10(8-19-11)15(16,17)18)6-12(13)20-4-2-3-14(20)21/h5-8H,2-4H2,1H3. The molecule has 1 saturated heterocycles. The van der Waals surface area contributed by atoms with Gasteiger partial charge in [0.05, 0.1) is 23.9 Å². The number of ether oxygens (including phenoxy) is 1. The topological polar surface area (TPSA) is 42.4 Å². The van der Waals surface area contributed by atoms with E-state index in [-0.39, 0.29) is 5.91 Å². The molecule has 3 rings (SSSR count). The summed E-state index contributed by atoms with van der Waals surface area (Å²) >= 11 is 0.